The second kappa shape index (κ2) is 3.17. The Labute approximate surface area is 89.5 Å². The summed E-state index contributed by atoms with van der Waals surface area (Å²) in [5.41, 5.74) is 0.316. The van der Waals surface area contributed by atoms with E-state index in [9.17, 15) is 13.6 Å². The molecule has 5 heteroatoms. The number of alkyl halides is 2. The highest BCUT2D eigenvalue weighted by Gasteiger charge is 2.72. The molecule has 0 amide bonds. The van der Waals surface area contributed by atoms with E-state index in [0.29, 0.717) is 10.6 Å². The minimum Gasteiger partial charge on any atom is -0.481 e. The van der Waals surface area contributed by atoms with E-state index >= 15 is 0 Å². The number of halogens is 3. The van der Waals surface area contributed by atoms with E-state index in [1.165, 1.54) is 24.3 Å². The molecule has 1 aromatic carbocycles. The van der Waals surface area contributed by atoms with Gasteiger partial charge in [0.1, 0.15) is 5.92 Å². The van der Waals surface area contributed by atoms with Gasteiger partial charge in [-0.25, -0.2) is 8.78 Å². The van der Waals surface area contributed by atoms with Crippen molar-refractivity contribution in [2.75, 3.05) is 0 Å². The summed E-state index contributed by atoms with van der Waals surface area (Å²) < 4.78 is 26.2. The molecule has 0 spiro atoms. The zero-order chi connectivity index (χ0) is 11.2. The minimum absolute atomic E-state index is 0.316. The summed E-state index contributed by atoms with van der Waals surface area (Å²) in [5.74, 6) is -7.41. The molecule has 1 fully saturated rings. The van der Waals surface area contributed by atoms with Gasteiger partial charge in [-0.1, -0.05) is 23.7 Å². The van der Waals surface area contributed by atoms with Crippen LogP contribution in [0.4, 0.5) is 8.78 Å². The number of carbonyl (C=O) groups is 1. The van der Waals surface area contributed by atoms with Gasteiger partial charge in [-0.15, -0.1) is 0 Å². The Morgan fingerprint density at radius 3 is 2.27 bits per heavy atom. The van der Waals surface area contributed by atoms with E-state index in [-0.39, 0.29) is 0 Å². The van der Waals surface area contributed by atoms with Crippen molar-refractivity contribution in [1.29, 1.82) is 0 Å². The summed E-state index contributed by atoms with van der Waals surface area (Å²) in [5, 5.41) is 9.01. The van der Waals surface area contributed by atoms with Crippen molar-refractivity contribution in [1.82, 2.24) is 0 Å². The predicted octanol–water partition coefficient (Wildman–Crippen LogP) is 2.77. The summed E-state index contributed by atoms with van der Waals surface area (Å²) in [6.45, 7) is 0. The Balaban J connectivity index is 2.27. The number of carboxylic acids is 1. The Morgan fingerprint density at radius 2 is 1.87 bits per heavy atom. The van der Waals surface area contributed by atoms with E-state index < -0.39 is 23.7 Å². The molecule has 2 nitrogen and oxygen atoms in total. The predicted molar refractivity (Wildman–Crippen MR) is 50.3 cm³/mol. The molecule has 0 radical (unpaired) electrons. The lowest BCUT2D eigenvalue weighted by molar-refractivity contribution is -0.140. The van der Waals surface area contributed by atoms with Crippen molar-refractivity contribution in [2.45, 2.75) is 11.8 Å². The standard InChI is InChI=1S/C10H7ClF2O2/c11-6-3-1-5(2-4-6)7-8(9(14)15)10(7,12)13/h1-4,7-8H,(H,14,15). The summed E-state index contributed by atoms with van der Waals surface area (Å²) in [7, 11) is 0. The second-order valence-electron chi connectivity index (χ2n) is 3.52. The molecule has 0 saturated heterocycles. The molecule has 1 aliphatic carbocycles. The van der Waals surface area contributed by atoms with Crippen molar-refractivity contribution in [2.24, 2.45) is 5.92 Å². The third kappa shape index (κ3) is 1.59. The quantitative estimate of drug-likeness (QED) is 0.851. The molecule has 1 aromatic rings. The van der Waals surface area contributed by atoms with Gasteiger partial charge in [0.25, 0.3) is 5.92 Å². The number of hydrogen-bond donors (Lipinski definition) is 1. The third-order valence-corrected chi connectivity index (χ3v) is 2.80. The van der Waals surface area contributed by atoms with Crippen LogP contribution in [0.2, 0.25) is 5.02 Å². The topological polar surface area (TPSA) is 37.3 Å². The van der Waals surface area contributed by atoms with Crippen LogP contribution in [0.5, 0.6) is 0 Å². The van der Waals surface area contributed by atoms with Gasteiger partial charge in [0.05, 0.1) is 5.92 Å². The zero-order valence-corrected chi connectivity index (χ0v) is 8.21. The van der Waals surface area contributed by atoms with Gasteiger partial charge >= 0.3 is 5.97 Å². The highest BCUT2D eigenvalue weighted by Crippen LogP contribution is 2.61. The van der Waals surface area contributed by atoms with Gasteiger partial charge in [-0.2, -0.15) is 0 Å². The fourth-order valence-electron chi connectivity index (χ4n) is 1.72. The van der Waals surface area contributed by atoms with E-state index in [4.69, 9.17) is 16.7 Å². The number of benzene rings is 1. The maximum atomic E-state index is 13.1. The van der Waals surface area contributed by atoms with Gasteiger partial charge in [0, 0.05) is 5.02 Å². The first-order chi connectivity index (χ1) is 6.94. The van der Waals surface area contributed by atoms with E-state index in [2.05, 4.69) is 0 Å². The molecule has 2 rings (SSSR count). The molecule has 2 unspecified atom stereocenters. The van der Waals surface area contributed by atoms with Crippen LogP contribution in [-0.2, 0) is 4.79 Å². The van der Waals surface area contributed by atoms with Crippen LogP contribution in [0.15, 0.2) is 24.3 Å². The van der Waals surface area contributed by atoms with Gasteiger partial charge in [-0.05, 0) is 17.7 Å². The largest absolute Gasteiger partial charge is 0.481 e. The van der Waals surface area contributed by atoms with Crippen molar-refractivity contribution in [3.05, 3.63) is 34.9 Å². The smallest absolute Gasteiger partial charge is 0.313 e. The van der Waals surface area contributed by atoms with E-state index in [1.54, 1.807) is 0 Å². The maximum Gasteiger partial charge on any atom is 0.313 e. The van der Waals surface area contributed by atoms with Gasteiger partial charge in [0.15, 0.2) is 0 Å². The van der Waals surface area contributed by atoms with Crippen LogP contribution >= 0.6 is 11.6 Å². The average Bonchev–Trinajstić information content (AvgIpc) is 2.70. The van der Waals surface area contributed by atoms with Crippen molar-refractivity contribution in [3.8, 4) is 0 Å². The Bertz CT molecular complexity index is 402. The molecule has 0 heterocycles. The third-order valence-electron chi connectivity index (χ3n) is 2.55. The van der Waals surface area contributed by atoms with Gasteiger partial charge < -0.3 is 5.11 Å². The van der Waals surface area contributed by atoms with Gasteiger partial charge in [0.2, 0.25) is 0 Å². The SMILES string of the molecule is O=C(O)C1C(c2ccc(Cl)cc2)C1(F)F. The van der Waals surface area contributed by atoms with Gasteiger partial charge in [-0.3, -0.25) is 4.79 Å². The van der Waals surface area contributed by atoms with E-state index in [1.807, 2.05) is 0 Å². The zero-order valence-electron chi connectivity index (χ0n) is 7.45. The fourth-order valence-corrected chi connectivity index (χ4v) is 1.84. The highest BCUT2D eigenvalue weighted by atomic mass is 35.5. The number of carboxylic acid groups (broad SMARTS) is 1. The molecule has 1 N–H and O–H groups in total. The van der Waals surface area contributed by atoms with Crippen molar-refractivity contribution in [3.63, 3.8) is 0 Å². The molecule has 80 valence electrons. The molecule has 0 bridgehead atoms. The summed E-state index contributed by atoms with van der Waals surface area (Å²) in [4.78, 5) is 10.5. The molecular weight excluding hydrogens is 226 g/mol. The minimum atomic E-state index is -3.14. The molecule has 0 aromatic heterocycles. The first-order valence-corrected chi connectivity index (χ1v) is 4.68. The Hall–Kier alpha value is -1.16. The summed E-state index contributed by atoms with van der Waals surface area (Å²) >= 11 is 5.60. The molecule has 0 aliphatic heterocycles. The van der Waals surface area contributed by atoms with Crippen molar-refractivity contribution >= 4 is 17.6 Å². The Kier molecular flexibility index (Phi) is 2.19. The first kappa shape index (κ1) is 10.4. The normalized spacial score (nSPS) is 27.4. The lowest BCUT2D eigenvalue weighted by atomic mass is 10.1. The van der Waals surface area contributed by atoms with Crippen LogP contribution in [-0.4, -0.2) is 17.0 Å². The van der Waals surface area contributed by atoms with Crippen molar-refractivity contribution < 1.29 is 18.7 Å². The fraction of sp³-hybridized carbons (Fsp3) is 0.300. The van der Waals surface area contributed by atoms with Crippen LogP contribution in [0.1, 0.15) is 11.5 Å². The number of rotatable bonds is 2. The van der Waals surface area contributed by atoms with E-state index in [0.717, 1.165) is 0 Å². The first-order valence-electron chi connectivity index (χ1n) is 4.30. The van der Waals surface area contributed by atoms with Crippen LogP contribution in [0, 0.1) is 5.92 Å². The summed E-state index contributed by atoms with van der Waals surface area (Å²) in [6, 6.07) is 5.82. The monoisotopic (exact) mass is 232 g/mol. The molecule has 1 aliphatic rings. The lowest BCUT2D eigenvalue weighted by Crippen LogP contribution is -2.04. The lowest BCUT2D eigenvalue weighted by Gasteiger charge is -1.97. The average molecular weight is 233 g/mol. The molecule has 15 heavy (non-hydrogen) atoms. The second-order valence-corrected chi connectivity index (χ2v) is 3.96. The van der Waals surface area contributed by atoms with Crippen LogP contribution < -0.4 is 0 Å². The maximum absolute atomic E-state index is 13.1. The number of aliphatic carboxylic acids is 1. The molecule has 2 atom stereocenters. The molecule has 1 saturated carbocycles. The highest BCUT2D eigenvalue weighted by molar-refractivity contribution is 6.30. The van der Waals surface area contributed by atoms with Crippen LogP contribution in [0.25, 0.3) is 0 Å². The van der Waals surface area contributed by atoms with Crippen LogP contribution in [0.3, 0.4) is 0 Å². The number of hydrogen-bond acceptors (Lipinski definition) is 1. The molecular formula is C10H7ClF2O2. The Morgan fingerprint density at radius 1 is 1.33 bits per heavy atom. The summed E-state index contributed by atoms with van der Waals surface area (Å²) in [6.07, 6.45) is 0.